The monoisotopic (exact) mass is 577 g/mol. The quantitative estimate of drug-likeness (QED) is 0.157. The van der Waals surface area contributed by atoms with Gasteiger partial charge in [-0.3, -0.25) is 19.8 Å². The van der Waals surface area contributed by atoms with Gasteiger partial charge >= 0.3 is 5.97 Å². The van der Waals surface area contributed by atoms with E-state index in [0.717, 1.165) is 0 Å². The van der Waals surface area contributed by atoms with Crippen LogP contribution < -0.4 is 16.0 Å². The fourth-order valence-electron chi connectivity index (χ4n) is 4.85. The minimum atomic E-state index is -1.77. The minimum Gasteiger partial charge on any atom is -0.464 e. The first-order chi connectivity index (χ1) is 19.6. The number of ether oxygens (including phenoxy) is 1. The number of nitrogen functional groups attached to an aromatic ring is 1. The lowest BCUT2D eigenvalue weighted by Gasteiger charge is -2.18. The molecule has 0 radical (unpaired) electrons. The fraction of sp³-hybridized carbons (Fsp3) is 0.310. The highest BCUT2D eigenvalue weighted by molar-refractivity contribution is 7.85. The lowest BCUT2D eigenvalue weighted by molar-refractivity contribution is -0.147. The number of benzene rings is 2. The molecule has 0 saturated carbocycles. The number of para-hydroxylation sites is 1. The van der Waals surface area contributed by atoms with Crippen molar-refractivity contribution in [2.75, 3.05) is 18.1 Å². The second-order valence-corrected chi connectivity index (χ2v) is 10.7. The number of carbonyl (C=O) groups excluding carboxylic acids is 4. The van der Waals surface area contributed by atoms with Gasteiger partial charge in [0.1, 0.15) is 23.4 Å². The van der Waals surface area contributed by atoms with E-state index in [1.54, 1.807) is 60.4 Å². The Balaban J connectivity index is 1.38. The third kappa shape index (κ3) is 6.60. The van der Waals surface area contributed by atoms with Gasteiger partial charge < -0.3 is 20.7 Å². The van der Waals surface area contributed by atoms with E-state index in [1.165, 1.54) is 0 Å². The Morgan fingerprint density at radius 2 is 1.93 bits per heavy atom. The summed E-state index contributed by atoms with van der Waals surface area (Å²) < 4.78 is 17.4. The number of hydrogen-bond acceptors (Lipinski definition) is 8. The van der Waals surface area contributed by atoms with E-state index >= 15 is 0 Å². The Morgan fingerprint density at radius 3 is 2.59 bits per heavy atom. The maximum atomic E-state index is 13.2. The minimum absolute atomic E-state index is 0.00475. The Kier molecular flexibility index (Phi) is 9.13. The van der Waals surface area contributed by atoms with E-state index in [-0.39, 0.29) is 54.0 Å². The molecule has 0 aliphatic carbocycles. The van der Waals surface area contributed by atoms with Gasteiger partial charge in [-0.15, -0.1) is 0 Å². The van der Waals surface area contributed by atoms with E-state index in [2.05, 4.69) is 16.2 Å². The van der Waals surface area contributed by atoms with Crippen molar-refractivity contribution >= 4 is 67.2 Å². The molecule has 0 spiro atoms. The van der Waals surface area contributed by atoms with E-state index in [9.17, 15) is 23.4 Å². The highest BCUT2D eigenvalue weighted by Gasteiger charge is 2.35. The third-order valence-electron chi connectivity index (χ3n) is 6.91. The maximum absolute atomic E-state index is 13.2. The summed E-state index contributed by atoms with van der Waals surface area (Å²) in [5, 5.41) is 10.1. The first-order valence-corrected chi connectivity index (χ1v) is 14.4. The molecule has 2 atom stereocenters. The Bertz CT molecular complexity index is 1570. The first kappa shape index (κ1) is 29.4. The first-order valence-electron chi connectivity index (χ1n) is 13.1. The molecule has 2 aliphatic rings. The average Bonchev–Trinajstić information content (AvgIpc) is 3.51. The number of rotatable bonds is 11. The molecule has 2 unspecified atom stereocenters. The molecule has 41 heavy (non-hydrogen) atoms. The number of amides is 2. The van der Waals surface area contributed by atoms with Gasteiger partial charge in [-0.1, -0.05) is 18.2 Å². The predicted octanol–water partition coefficient (Wildman–Crippen LogP) is 1.60. The zero-order chi connectivity index (χ0) is 29.7. The van der Waals surface area contributed by atoms with Gasteiger partial charge in [-0.25, -0.2) is 14.0 Å². The zero-order valence-corrected chi connectivity index (χ0v) is 23.4. The van der Waals surface area contributed by atoms with Crippen molar-refractivity contribution in [2.24, 2.45) is 16.6 Å². The van der Waals surface area contributed by atoms with Crippen LogP contribution in [0.3, 0.4) is 0 Å². The predicted molar refractivity (Wildman–Crippen MR) is 158 cm³/mol. The summed E-state index contributed by atoms with van der Waals surface area (Å²) in [7, 11) is -1.77. The molecule has 0 aromatic heterocycles. The molecule has 0 bridgehead atoms. The Morgan fingerprint density at radius 1 is 1.22 bits per heavy atom. The summed E-state index contributed by atoms with van der Waals surface area (Å²) in [5.41, 5.74) is 7.60. The number of nitrogens with one attached hydrogen (secondary N) is 2. The standard InChI is InChI=1S/C29H31N5O6S/c1-3-40-29(38)23(33-27(36)24-25(41(2)39)21-6-4-5-7-22(21)32-24)13-12-20(35)16-18-14-15-34(28(18)37)19-10-8-17(9-11-19)26(30)31/h4-11,18,23H,2-3,12-16H2,1H3,(H3,30,31)(H,33,36). The number of esters is 1. The maximum Gasteiger partial charge on any atom is 0.328 e. The highest BCUT2D eigenvalue weighted by Crippen LogP contribution is 2.29. The van der Waals surface area contributed by atoms with Crippen LogP contribution in [0.5, 0.6) is 0 Å². The second-order valence-electron chi connectivity index (χ2n) is 9.65. The van der Waals surface area contributed by atoms with Crippen LogP contribution in [0.1, 0.15) is 43.7 Å². The van der Waals surface area contributed by atoms with Crippen molar-refractivity contribution in [3.63, 3.8) is 0 Å². The van der Waals surface area contributed by atoms with Gasteiger partial charge in [0.15, 0.2) is 0 Å². The number of Topliss-reactive ketones (excluding diaryl/α,β-unsaturated/α-hetero) is 1. The number of nitrogens with two attached hydrogens (primary N) is 1. The fourth-order valence-corrected chi connectivity index (χ4v) is 5.62. The van der Waals surface area contributed by atoms with Crippen molar-refractivity contribution in [3.05, 3.63) is 59.7 Å². The molecule has 4 rings (SSSR count). The number of anilines is 1. The van der Waals surface area contributed by atoms with Crippen LogP contribution in [0.2, 0.25) is 0 Å². The number of amidine groups is 1. The van der Waals surface area contributed by atoms with Gasteiger partial charge in [-0.2, -0.15) is 0 Å². The number of nitrogens with zero attached hydrogens (tertiary/aromatic N) is 2. The summed E-state index contributed by atoms with van der Waals surface area (Å²) >= 11 is 0. The van der Waals surface area contributed by atoms with E-state index < -0.39 is 33.8 Å². The summed E-state index contributed by atoms with van der Waals surface area (Å²) in [6, 6.07) is 12.4. The number of carbonyl (C=O) groups is 4. The van der Waals surface area contributed by atoms with Crippen molar-refractivity contribution < 1.29 is 28.1 Å². The van der Waals surface area contributed by atoms with Crippen molar-refractivity contribution in [3.8, 4) is 0 Å². The molecule has 1 saturated heterocycles. The molecule has 1 fully saturated rings. The molecule has 2 heterocycles. The smallest absolute Gasteiger partial charge is 0.328 e. The van der Waals surface area contributed by atoms with Crippen LogP contribution in [-0.2, 0) is 33.9 Å². The van der Waals surface area contributed by atoms with Crippen LogP contribution in [0.25, 0.3) is 0 Å². The zero-order valence-electron chi connectivity index (χ0n) is 22.6. The van der Waals surface area contributed by atoms with E-state index in [0.29, 0.717) is 35.5 Å². The van der Waals surface area contributed by atoms with Crippen LogP contribution in [0.15, 0.2) is 53.5 Å². The summed E-state index contributed by atoms with van der Waals surface area (Å²) in [6.45, 7) is 2.16. The molecule has 11 nitrogen and oxygen atoms in total. The summed E-state index contributed by atoms with van der Waals surface area (Å²) in [6.07, 6.45) is 0.401. The highest BCUT2D eigenvalue weighted by atomic mass is 32.1. The van der Waals surface area contributed by atoms with Gasteiger partial charge in [0.25, 0.3) is 5.91 Å². The molecule has 2 amide bonds. The molecule has 214 valence electrons. The number of aliphatic imine (C=N–C) groups is 1. The molecule has 2 aromatic rings. The summed E-state index contributed by atoms with van der Waals surface area (Å²) in [4.78, 5) is 57.7. The second kappa shape index (κ2) is 12.7. The molecule has 12 heteroatoms. The molecule has 2 aliphatic heterocycles. The van der Waals surface area contributed by atoms with Gasteiger partial charge in [-0.05, 0) is 56.0 Å². The topological polar surface area (TPSA) is 172 Å². The Hall–Kier alpha value is -4.58. The number of fused-ring (bicyclic) bond motifs is 1. The molecule has 4 N–H and O–H groups in total. The van der Waals surface area contributed by atoms with Crippen LogP contribution in [-0.4, -0.2) is 69.3 Å². The average molecular weight is 578 g/mol. The largest absolute Gasteiger partial charge is 0.464 e. The number of hydrogen-bond donors (Lipinski definition) is 3. The molecular formula is C29H31N5O6S. The van der Waals surface area contributed by atoms with Crippen LogP contribution in [0, 0.1) is 11.3 Å². The molecular weight excluding hydrogens is 546 g/mol. The normalized spacial score (nSPS) is 16.6. The van der Waals surface area contributed by atoms with E-state index in [4.69, 9.17) is 15.9 Å². The van der Waals surface area contributed by atoms with Crippen molar-refractivity contribution in [1.29, 1.82) is 5.41 Å². The lowest BCUT2D eigenvalue weighted by Crippen LogP contribution is -2.46. The Labute approximate surface area is 238 Å². The third-order valence-corrected chi connectivity index (χ3v) is 7.78. The van der Waals surface area contributed by atoms with Gasteiger partial charge in [0, 0.05) is 52.1 Å². The van der Waals surface area contributed by atoms with Crippen molar-refractivity contribution in [1.82, 2.24) is 5.32 Å². The van der Waals surface area contributed by atoms with Crippen molar-refractivity contribution in [2.45, 2.75) is 38.6 Å². The lowest BCUT2D eigenvalue weighted by atomic mass is 9.97. The van der Waals surface area contributed by atoms with Crippen LogP contribution in [0.4, 0.5) is 11.4 Å². The van der Waals surface area contributed by atoms with Gasteiger partial charge in [0.2, 0.25) is 5.91 Å². The SMILES string of the molecule is C=S(=O)=C1C(C(=O)NC(CCC(=O)CC2CCN(c3ccc(C(=N)N)cc3)C2=O)C(=O)OCC)=Nc2ccccc21. The van der Waals surface area contributed by atoms with Crippen LogP contribution >= 0.6 is 0 Å². The van der Waals surface area contributed by atoms with E-state index in [1.807, 2.05) is 0 Å². The number of ketones is 1. The van der Waals surface area contributed by atoms with Gasteiger partial charge in [0.05, 0.1) is 17.2 Å². The summed E-state index contributed by atoms with van der Waals surface area (Å²) in [5.74, 6) is 1.14. The molecule has 2 aromatic carbocycles.